The van der Waals surface area contributed by atoms with Crippen LogP contribution in [-0.2, 0) is 6.42 Å². The van der Waals surface area contributed by atoms with Crippen LogP contribution in [0.2, 0.25) is 0 Å². The van der Waals surface area contributed by atoms with Gasteiger partial charge in [-0.2, -0.15) is 0 Å². The van der Waals surface area contributed by atoms with Crippen LogP contribution >= 0.6 is 11.3 Å². The summed E-state index contributed by atoms with van der Waals surface area (Å²) >= 11 is 1.68. The Morgan fingerprint density at radius 3 is 3.04 bits per heavy atom. The minimum Gasteiger partial charge on any atom is -0.364 e. The molecule has 24 heavy (non-hydrogen) atoms. The number of hydrogen-bond acceptors (Lipinski definition) is 7. The van der Waals surface area contributed by atoms with Crippen molar-refractivity contribution in [1.82, 2.24) is 9.97 Å². The number of nitrogens with one attached hydrogen (secondary N) is 1. The molecule has 0 spiro atoms. The maximum Gasteiger partial charge on any atom is 0.353 e. The Hall–Kier alpha value is -2.22. The molecule has 2 aromatic rings. The van der Waals surface area contributed by atoms with Crippen molar-refractivity contribution in [2.45, 2.75) is 38.6 Å². The number of rotatable bonds is 6. The van der Waals surface area contributed by atoms with Gasteiger partial charge < -0.3 is 10.2 Å². The van der Waals surface area contributed by atoms with Crippen LogP contribution in [0.25, 0.3) is 0 Å². The van der Waals surface area contributed by atoms with E-state index in [2.05, 4.69) is 28.3 Å². The molecule has 0 radical (unpaired) electrons. The second-order valence-corrected chi connectivity index (χ2v) is 6.98. The number of piperidine rings is 1. The highest BCUT2D eigenvalue weighted by Crippen LogP contribution is 2.35. The summed E-state index contributed by atoms with van der Waals surface area (Å²) in [4.78, 5) is 22.9. The summed E-state index contributed by atoms with van der Waals surface area (Å²) in [5.41, 5.74) is -0.0163. The molecule has 3 rings (SSSR count). The van der Waals surface area contributed by atoms with Gasteiger partial charge in [0.25, 0.3) is 0 Å². The predicted octanol–water partition coefficient (Wildman–Crippen LogP) is 3.48. The molecule has 1 fully saturated rings. The molecular formula is C16H21N5O2S. The van der Waals surface area contributed by atoms with E-state index in [1.54, 1.807) is 11.3 Å². The third-order valence-corrected chi connectivity index (χ3v) is 5.24. The highest BCUT2D eigenvalue weighted by molar-refractivity contribution is 7.09. The molecule has 1 unspecified atom stereocenters. The largest absolute Gasteiger partial charge is 0.364 e. The molecule has 0 saturated carbocycles. The summed E-state index contributed by atoms with van der Waals surface area (Å²) in [5, 5.41) is 16.8. The molecule has 7 nitrogen and oxygen atoms in total. The van der Waals surface area contributed by atoms with Crippen LogP contribution in [0.1, 0.15) is 31.1 Å². The molecule has 1 N–H and O–H groups in total. The van der Waals surface area contributed by atoms with E-state index in [9.17, 15) is 10.1 Å². The number of nitro groups is 1. The Morgan fingerprint density at radius 1 is 1.46 bits per heavy atom. The second kappa shape index (κ2) is 7.57. The first kappa shape index (κ1) is 16.6. The summed E-state index contributed by atoms with van der Waals surface area (Å²) in [7, 11) is 0. The van der Waals surface area contributed by atoms with E-state index in [0.717, 1.165) is 32.2 Å². The molecule has 2 aromatic heterocycles. The lowest BCUT2D eigenvalue weighted by molar-refractivity contribution is -0.383. The van der Waals surface area contributed by atoms with Gasteiger partial charge in [0.1, 0.15) is 6.33 Å². The van der Waals surface area contributed by atoms with Gasteiger partial charge in [-0.25, -0.2) is 9.97 Å². The van der Waals surface area contributed by atoms with Crippen molar-refractivity contribution in [3.05, 3.63) is 38.8 Å². The first-order chi connectivity index (χ1) is 11.7. The van der Waals surface area contributed by atoms with Crippen molar-refractivity contribution >= 4 is 28.7 Å². The first-order valence-electron chi connectivity index (χ1n) is 8.19. The highest BCUT2D eigenvalue weighted by Gasteiger charge is 2.30. The third-order valence-electron chi connectivity index (χ3n) is 4.30. The average molecular weight is 347 g/mol. The molecule has 0 aliphatic carbocycles. The van der Waals surface area contributed by atoms with E-state index in [1.165, 1.54) is 11.2 Å². The van der Waals surface area contributed by atoms with Crippen molar-refractivity contribution in [3.63, 3.8) is 0 Å². The van der Waals surface area contributed by atoms with Gasteiger partial charge in [-0.1, -0.05) is 6.07 Å². The molecule has 0 bridgehead atoms. The van der Waals surface area contributed by atoms with Gasteiger partial charge in [0.15, 0.2) is 0 Å². The molecule has 3 heterocycles. The Kier molecular flexibility index (Phi) is 5.24. The topological polar surface area (TPSA) is 84.2 Å². The van der Waals surface area contributed by atoms with Gasteiger partial charge >= 0.3 is 5.69 Å². The number of anilines is 2. The first-order valence-corrected chi connectivity index (χ1v) is 9.07. The Balaban J connectivity index is 1.80. The van der Waals surface area contributed by atoms with Crippen molar-refractivity contribution in [2.24, 2.45) is 0 Å². The zero-order valence-electron chi connectivity index (χ0n) is 13.6. The summed E-state index contributed by atoms with van der Waals surface area (Å²) in [6.45, 7) is 3.50. The van der Waals surface area contributed by atoms with Crippen LogP contribution in [-0.4, -0.2) is 34.0 Å². The molecule has 1 saturated heterocycles. The molecule has 1 aliphatic rings. The van der Waals surface area contributed by atoms with E-state index in [0.29, 0.717) is 18.2 Å². The van der Waals surface area contributed by atoms with Crippen molar-refractivity contribution in [3.8, 4) is 0 Å². The van der Waals surface area contributed by atoms with Crippen LogP contribution in [0.4, 0.5) is 17.3 Å². The average Bonchev–Trinajstić information content (AvgIpc) is 3.08. The lowest BCUT2D eigenvalue weighted by atomic mass is 10.0. The Bertz CT molecular complexity index is 692. The van der Waals surface area contributed by atoms with Gasteiger partial charge in [-0.3, -0.25) is 10.1 Å². The minimum absolute atomic E-state index is 0.0163. The quantitative estimate of drug-likeness (QED) is 0.636. The minimum atomic E-state index is -0.371. The number of aromatic nitrogens is 2. The smallest absolute Gasteiger partial charge is 0.353 e. The zero-order valence-corrected chi connectivity index (χ0v) is 14.5. The molecule has 128 valence electrons. The molecule has 1 aliphatic heterocycles. The van der Waals surface area contributed by atoms with E-state index in [-0.39, 0.29) is 16.7 Å². The second-order valence-electron chi connectivity index (χ2n) is 5.95. The Labute approximate surface area is 144 Å². The van der Waals surface area contributed by atoms with Gasteiger partial charge in [0.05, 0.1) is 4.92 Å². The van der Waals surface area contributed by atoms with E-state index in [1.807, 2.05) is 16.3 Å². The lowest BCUT2D eigenvalue weighted by Gasteiger charge is -2.33. The SMILES string of the molecule is CC1CCCCN1c1ncnc(NCCc2cccs2)c1[N+](=O)[O-]. The van der Waals surface area contributed by atoms with Crippen LogP contribution < -0.4 is 10.2 Å². The van der Waals surface area contributed by atoms with Gasteiger partial charge in [-0.05, 0) is 44.1 Å². The standard InChI is InChI=1S/C16H21N5O2S/c1-12-5-2-3-9-20(12)16-14(21(22)23)15(18-11-19-16)17-8-7-13-6-4-10-24-13/h4,6,10-12H,2-3,5,7-9H2,1H3,(H,17,18,19). The van der Waals surface area contributed by atoms with E-state index >= 15 is 0 Å². The predicted molar refractivity (Wildman–Crippen MR) is 95.9 cm³/mol. The molecule has 0 amide bonds. The number of thiophene rings is 1. The lowest BCUT2D eigenvalue weighted by Crippen LogP contribution is -2.38. The highest BCUT2D eigenvalue weighted by atomic mass is 32.1. The fourth-order valence-electron chi connectivity index (χ4n) is 3.05. The number of nitrogens with zero attached hydrogens (tertiary/aromatic N) is 4. The molecular weight excluding hydrogens is 326 g/mol. The number of hydrogen-bond donors (Lipinski definition) is 1. The maximum atomic E-state index is 11.6. The van der Waals surface area contributed by atoms with E-state index in [4.69, 9.17) is 0 Å². The van der Waals surface area contributed by atoms with Crippen molar-refractivity contribution in [2.75, 3.05) is 23.3 Å². The fourth-order valence-corrected chi connectivity index (χ4v) is 3.76. The van der Waals surface area contributed by atoms with Crippen molar-refractivity contribution in [1.29, 1.82) is 0 Å². The fraction of sp³-hybridized carbons (Fsp3) is 0.500. The van der Waals surface area contributed by atoms with Crippen LogP contribution in [0.3, 0.4) is 0 Å². The van der Waals surface area contributed by atoms with Crippen molar-refractivity contribution < 1.29 is 4.92 Å². The summed E-state index contributed by atoms with van der Waals surface area (Å²) in [6.07, 6.45) is 5.45. The van der Waals surface area contributed by atoms with Crippen LogP contribution in [0, 0.1) is 10.1 Å². The Morgan fingerprint density at radius 2 is 2.33 bits per heavy atom. The van der Waals surface area contributed by atoms with Crippen LogP contribution in [0.5, 0.6) is 0 Å². The molecule has 1 atom stereocenters. The maximum absolute atomic E-state index is 11.6. The van der Waals surface area contributed by atoms with Gasteiger partial charge in [0.2, 0.25) is 11.6 Å². The normalized spacial score (nSPS) is 17.7. The molecule has 0 aromatic carbocycles. The van der Waals surface area contributed by atoms with Gasteiger partial charge in [-0.15, -0.1) is 11.3 Å². The zero-order chi connectivity index (χ0) is 16.9. The van der Waals surface area contributed by atoms with Gasteiger partial charge in [0, 0.05) is 24.0 Å². The summed E-state index contributed by atoms with van der Waals surface area (Å²) < 4.78 is 0. The summed E-state index contributed by atoms with van der Waals surface area (Å²) in [6, 6.07) is 4.32. The van der Waals surface area contributed by atoms with E-state index < -0.39 is 0 Å². The van der Waals surface area contributed by atoms with Crippen LogP contribution in [0.15, 0.2) is 23.8 Å². The molecule has 8 heteroatoms. The third kappa shape index (κ3) is 3.64. The monoisotopic (exact) mass is 347 g/mol. The summed E-state index contributed by atoms with van der Waals surface area (Å²) in [5.74, 6) is 0.736.